The molecule has 7 unspecified atom stereocenters. The van der Waals surface area contributed by atoms with E-state index in [1.165, 1.54) is 97.0 Å². The molecule has 9 aliphatic rings. The molecule has 7 atom stereocenters. The van der Waals surface area contributed by atoms with Gasteiger partial charge < -0.3 is 0 Å². The minimum absolute atomic E-state index is 0.308. The zero-order valence-corrected chi connectivity index (χ0v) is 35.0. The Kier molecular flexibility index (Phi) is 8.43. The molecule has 61 heavy (non-hydrogen) atoms. The minimum atomic E-state index is 0.308. The molecule has 0 saturated heterocycles. The third-order valence-electron chi connectivity index (χ3n) is 16.0. The van der Waals surface area contributed by atoms with Gasteiger partial charge >= 0.3 is 0 Å². The SMILES string of the molecule is c1c2cccc3cc4c5c(ccc(c#1)c5c23)C1=C4C(C2=CCCC=C2)=C2C=C3C=CC(C4C(C5=CC=CCC=C5)C=CCC4C4=CCCC=C4)CC3CC2C1C1=CCCC=C1. The van der Waals surface area contributed by atoms with Gasteiger partial charge in [-0.3, -0.25) is 0 Å². The summed E-state index contributed by atoms with van der Waals surface area (Å²) in [5.41, 5.74) is 16.6. The maximum Gasteiger partial charge on any atom is 0.0334 e. The van der Waals surface area contributed by atoms with Gasteiger partial charge in [-0.15, -0.1) is 0 Å². The van der Waals surface area contributed by atoms with Crippen molar-refractivity contribution in [1.82, 2.24) is 0 Å². The molecule has 0 fully saturated rings. The molecule has 0 nitrogen and oxygen atoms in total. The molecule has 9 aliphatic carbocycles. The van der Waals surface area contributed by atoms with Crippen molar-refractivity contribution < 1.29 is 0 Å². The van der Waals surface area contributed by atoms with E-state index in [9.17, 15) is 0 Å². The number of benzene rings is 3. The fraction of sp³-hybridized carbons (Fsp3) is 0.279. The van der Waals surface area contributed by atoms with E-state index in [2.05, 4.69) is 164 Å². The number of hydrogen-bond acceptors (Lipinski definition) is 0. The standard InChI is InChI=1S/C61H52/c1-2-7-17-38(16-6-1)48-26-15-27-49(39-18-8-3-9-19-39)55(48)46-31-30-44-35-51-52(37-47(44)34-46)56(40-20-10-4-11-21-40)60-50-33-32-43-29-28-42-24-14-25-45-36-53(59(50)58(43)54(42)45)61(60)57(51)41-22-12-5-13-23-41/h1,6-8,10,12,14-26,30-33,35-36,46-49,52,55-56H,2-5,9,11,13,27,34,37H2. The first-order chi connectivity index (χ1) is 30.3. The Labute approximate surface area is 361 Å². The fourth-order valence-electron chi connectivity index (χ4n) is 13.5. The van der Waals surface area contributed by atoms with Crippen molar-refractivity contribution in [1.29, 1.82) is 0 Å². The number of rotatable bonds is 5. The third-order valence-corrected chi connectivity index (χ3v) is 16.0. The van der Waals surface area contributed by atoms with E-state index in [0.717, 1.165) is 38.5 Å². The fourth-order valence-corrected chi connectivity index (χ4v) is 13.5. The summed E-state index contributed by atoms with van der Waals surface area (Å²) < 4.78 is 0. The molecule has 0 heterocycles. The van der Waals surface area contributed by atoms with Gasteiger partial charge in [0.15, 0.2) is 0 Å². The van der Waals surface area contributed by atoms with Crippen LogP contribution >= 0.6 is 0 Å². The highest BCUT2D eigenvalue weighted by molar-refractivity contribution is 6.31. The lowest BCUT2D eigenvalue weighted by Crippen LogP contribution is -2.37. The minimum Gasteiger partial charge on any atom is -0.0873 e. The molecule has 13 rings (SSSR count). The molecule has 0 saturated carbocycles. The van der Waals surface area contributed by atoms with Crippen LogP contribution < -0.4 is 0 Å². The maximum atomic E-state index is 3.60. The second-order valence-electron chi connectivity index (χ2n) is 19.1. The molecule has 0 aliphatic heterocycles. The molecule has 0 bridgehead atoms. The molecule has 4 aromatic carbocycles. The summed E-state index contributed by atoms with van der Waals surface area (Å²) in [4.78, 5) is 0. The summed E-state index contributed by atoms with van der Waals surface area (Å²) in [6, 6.07) is 21.2. The third kappa shape index (κ3) is 5.59. The van der Waals surface area contributed by atoms with Gasteiger partial charge in [0, 0.05) is 33.4 Å². The molecule has 0 heteroatoms. The van der Waals surface area contributed by atoms with Gasteiger partial charge in [-0.2, -0.15) is 0 Å². The lowest BCUT2D eigenvalue weighted by Gasteiger charge is -2.47. The Balaban J connectivity index is 0.996. The second-order valence-corrected chi connectivity index (χ2v) is 19.1. The molecular weight excluding hydrogens is 733 g/mol. The zero-order valence-electron chi connectivity index (χ0n) is 35.0. The molecule has 4 aromatic rings. The summed E-state index contributed by atoms with van der Waals surface area (Å²) in [6.07, 6.45) is 58.8. The maximum absolute atomic E-state index is 3.60. The first-order valence-electron chi connectivity index (χ1n) is 23.5. The van der Waals surface area contributed by atoms with Crippen molar-refractivity contribution in [2.75, 3.05) is 0 Å². The molecule has 0 aromatic heterocycles. The van der Waals surface area contributed by atoms with E-state index in [0.29, 0.717) is 41.4 Å². The van der Waals surface area contributed by atoms with Crippen LogP contribution in [0.1, 0.15) is 75.3 Å². The average Bonchev–Trinajstić information content (AvgIpc) is 3.44. The summed E-state index contributed by atoms with van der Waals surface area (Å²) in [6.45, 7) is 0. The highest BCUT2D eigenvalue weighted by Crippen LogP contribution is 2.63. The van der Waals surface area contributed by atoms with E-state index in [1.54, 1.807) is 22.3 Å². The van der Waals surface area contributed by atoms with Crippen molar-refractivity contribution in [2.45, 2.75) is 64.2 Å². The van der Waals surface area contributed by atoms with Gasteiger partial charge in [-0.05, 0) is 184 Å². The Morgan fingerprint density at radius 2 is 1.39 bits per heavy atom. The van der Waals surface area contributed by atoms with Crippen LogP contribution in [0.3, 0.4) is 0 Å². The number of fused-ring (bicyclic) bond motifs is 4. The van der Waals surface area contributed by atoms with E-state index in [4.69, 9.17) is 0 Å². The van der Waals surface area contributed by atoms with Crippen LogP contribution in [0, 0.1) is 53.6 Å². The van der Waals surface area contributed by atoms with E-state index in [1.807, 2.05) is 0 Å². The first kappa shape index (κ1) is 35.8. The Bertz CT molecular complexity index is 2990. The van der Waals surface area contributed by atoms with Crippen molar-refractivity contribution in [3.05, 3.63) is 214 Å². The van der Waals surface area contributed by atoms with Crippen LogP contribution in [0.25, 0.3) is 43.5 Å². The zero-order chi connectivity index (χ0) is 40.0. The smallest absolute Gasteiger partial charge is 0.0334 e. The van der Waals surface area contributed by atoms with Crippen LogP contribution in [-0.2, 0) is 0 Å². The summed E-state index contributed by atoms with van der Waals surface area (Å²) >= 11 is 0. The van der Waals surface area contributed by atoms with Gasteiger partial charge in [-0.25, -0.2) is 0 Å². The number of allylic oxidation sites excluding steroid dienone is 28. The van der Waals surface area contributed by atoms with Gasteiger partial charge in [0.05, 0.1) is 0 Å². The van der Waals surface area contributed by atoms with Crippen LogP contribution in [-0.4, -0.2) is 0 Å². The second kappa shape index (κ2) is 14.4. The van der Waals surface area contributed by atoms with Gasteiger partial charge in [0.2, 0.25) is 0 Å². The predicted octanol–water partition coefficient (Wildman–Crippen LogP) is 15.6. The normalized spacial score (nSPS) is 29.9. The van der Waals surface area contributed by atoms with Crippen LogP contribution in [0.15, 0.2) is 191 Å². The van der Waals surface area contributed by atoms with Crippen LogP contribution in [0.2, 0.25) is 0 Å². The monoisotopic (exact) mass is 784 g/mol. The number of hydrogen-bond donors (Lipinski definition) is 0. The van der Waals surface area contributed by atoms with Gasteiger partial charge in [0.25, 0.3) is 0 Å². The van der Waals surface area contributed by atoms with Crippen molar-refractivity contribution in [3.8, 4) is 0 Å². The van der Waals surface area contributed by atoms with Crippen LogP contribution in [0.5, 0.6) is 0 Å². The Morgan fingerprint density at radius 1 is 0.574 bits per heavy atom. The average molecular weight is 785 g/mol. The van der Waals surface area contributed by atoms with E-state index < -0.39 is 0 Å². The van der Waals surface area contributed by atoms with Gasteiger partial charge in [-0.1, -0.05) is 146 Å². The molecule has 0 radical (unpaired) electrons. The van der Waals surface area contributed by atoms with Gasteiger partial charge in [0.1, 0.15) is 0 Å². The largest absolute Gasteiger partial charge is 0.0873 e. The van der Waals surface area contributed by atoms with Crippen molar-refractivity contribution in [3.63, 3.8) is 0 Å². The topological polar surface area (TPSA) is 0 Å². The first-order valence-corrected chi connectivity index (χ1v) is 23.5. The molecule has 0 N–H and O–H groups in total. The molecule has 0 spiro atoms. The van der Waals surface area contributed by atoms with E-state index in [-0.39, 0.29) is 0 Å². The highest BCUT2D eigenvalue weighted by atomic mass is 14.5. The predicted molar refractivity (Wildman–Crippen MR) is 257 cm³/mol. The molecule has 0 amide bonds. The summed E-state index contributed by atoms with van der Waals surface area (Å²) in [5.74, 6) is 3.22. The Hall–Kier alpha value is -5.90. The van der Waals surface area contributed by atoms with Crippen molar-refractivity contribution in [2.24, 2.45) is 41.4 Å². The summed E-state index contributed by atoms with van der Waals surface area (Å²) in [7, 11) is 0. The molecule has 296 valence electrons. The van der Waals surface area contributed by atoms with E-state index >= 15 is 0 Å². The highest BCUT2D eigenvalue weighted by Gasteiger charge is 2.48. The van der Waals surface area contributed by atoms with Crippen molar-refractivity contribution >= 4 is 43.5 Å². The lowest BCUT2D eigenvalue weighted by atomic mass is 9.57. The lowest BCUT2D eigenvalue weighted by molar-refractivity contribution is 0.201. The quantitative estimate of drug-likeness (QED) is 0.140. The Morgan fingerprint density at radius 3 is 2.23 bits per heavy atom. The molecular formula is C61H52. The summed E-state index contributed by atoms with van der Waals surface area (Å²) in [5, 5.41) is 7.83. The van der Waals surface area contributed by atoms with Crippen LogP contribution in [0.4, 0.5) is 0 Å².